The van der Waals surface area contributed by atoms with Crippen molar-refractivity contribution in [2.24, 2.45) is 17.3 Å². The average Bonchev–Trinajstić information content (AvgIpc) is 2.62. The summed E-state index contributed by atoms with van der Waals surface area (Å²) in [7, 11) is 0. The Hall–Kier alpha value is -2.17. The second-order valence-corrected chi connectivity index (χ2v) is 8.55. The lowest BCUT2D eigenvalue weighted by Crippen LogP contribution is -2.44. The van der Waals surface area contributed by atoms with Gasteiger partial charge in [0, 0.05) is 24.8 Å². The van der Waals surface area contributed by atoms with Crippen LogP contribution >= 0.6 is 0 Å². The summed E-state index contributed by atoms with van der Waals surface area (Å²) < 4.78 is 10.7. The number of esters is 2. The molecule has 0 spiro atoms. The van der Waals surface area contributed by atoms with Crippen molar-refractivity contribution >= 4 is 17.7 Å². The number of fused-ring (bicyclic) bond motifs is 1. The highest BCUT2D eigenvalue weighted by molar-refractivity contribution is 6.06. The molecule has 2 rings (SSSR count). The van der Waals surface area contributed by atoms with Gasteiger partial charge in [-0.1, -0.05) is 38.0 Å². The first-order valence-corrected chi connectivity index (χ1v) is 9.98. The van der Waals surface area contributed by atoms with Gasteiger partial charge in [0.2, 0.25) is 0 Å². The third-order valence-corrected chi connectivity index (χ3v) is 6.12. The maximum Gasteiger partial charge on any atom is 0.330 e. The molecule has 0 N–H and O–H groups in total. The lowest BCUT2D eigenvalue weighted by atomic mass is 9.58. The number of hydrogen-bond acceptors (Lipinski definition) is 5. The Morgan fingerprint density at radius 2 is 2.00 bits per heavy atom. The lowest BCUT2D eigenvalue weighted by molar-refractivity contribution is -0.149. The summed E-state index contributed by atoms with van der Waals surface area (Å²) in [5.74, 6) is -0.531. The first-order chi connectivity index (χ1) is 13.0. The van der Waals surface area contributed by atoms with Crippen LogP contribution in [0.3, 0.4) is 0 Å². The van der Waals surface area contributed by atoms with Crippen LogP contribution in [0.1, 0.15) is 60.8 Å². The summed E-state index contributed by atoms with van der Waals surface area (Å²) in [5, 5.41) is 0. The van der Waals surface area contributed by atoms with Gasteiger partial charge in [0.05, 0.1) is 6.61 Å². The molecule has 4 atom stereocenters. The maximum atomic E-state index is 12.4. The summed E-state index contributed by atoms with van der Waals surface area (Å²) in [4.78, 5) is 35.5. The predicted molar refractivity (Wildman–Crippen MR) is 107 cm³/mol. The molecule has 0 amide bonds. The van der Waals surface area contributed by atoms with Gasteiger partial charge in [0.1, 0.15) is 6.10 Å². The molecular weight excluding hydrogens is 356 g/mol. The lowest BCUT2D eigenvalue weighted by Gasteiger charge is -2.48. The minimum atomic E-state index is -0.378. The molecule has 0 aromatic heterocycles. The molecule has 0 radical (unpaired) electrons. The zero-order chi connectivity index (χ0) is 21.1. The minimum absolute atomic E-state index is 0.0585. The smallest absolute Gasteiger partial charge is 0.330 e. The third kappa shape index (κ3) is 5.00. The molecule has 2 aliphatic rings. The van der Waals surface area contributed by atoms with Gasteiger partial charge in [-0.05, 0) is 50.2 Å². The molecule has 28 heavy (non-hydrogen) atoms. The zero-order valence-electron chi connectivity index (χ0n) is 17.8. The van der Waals surface area contributed by atoms with Crippen molar-refractivity contribution < 1.29 is 23.9 Å². The van der Waals surface area contributed by atoms with E-state index in [-0.39, 0.29) is 47.7 Å². The van der Waals surface area contributed by atoms with E-state index in [0.29, 0.717) is 6.42 Å². The van der Waals surface area contributed by atoms with Crippen LogP contribution in [0.2, 0.25) is 0 Å². The Morgan fingerprint density at radius 3 is 2.61 bits per heavy atom. The normalized spacial score (nSPS) is 28.4. The van der Waals surface area contributed by atoms with E-state index in [4.69, 9.17) is 9.47 Å². The number of rotatable bonds is 5. The van der Waals surface area contributed by atoms with Gasteiger partial charge in [-0.2, -0.15) is 0 Å². The van der Waals surface area contributed by atoms with Crippen molar-refractivity contribution in [2.45, 2.75) is 66.9 Å². The zero-order valence-corrected chi connectivity index (χ0v) is 17.8. The van der Waals surface area contributed by atoms with E-state index < -0.39 is 0 Å². The minimum Gasteiger partial charge on any atom is -0.465 e. The average molecular weight is 389 g/mol. The van der Waals surface area contributed by atoms with Crippen molar-refractivity contribution in [3.05, 3.63) is 34.9 Å². The van der Waals surface area contributed by atoms with Crippen LogP contribution in [0.15, 0.2) is 34.9 Å². The van der Waals surface area contributed by atoms with Crippen molar-refractivity contribution in [2.75, 3.05) is 6.61 Å². The fraction of sp³-hybridized carbons (Fsp3) is 0.609. The highest BCUT2D eigenvalue weighted by Crippen LogP contribution is 2.52. The van der Waals surface area contributed by atoms with Crippen LogP contribution in [0.4, 0.5) is 0 Å². The number of carbonyl (C=O) groups excluding carboxylic acids is 3. The van der Waals surface area contributed by atoms with Crippen LogP contribution < -0.4 is 0 Å². The standard InChI is InChI=1S/C23H32O5/c1-14(2)19-12-23(6)16(4)21(9-8-18(23)11-20(19)25)28-22(26)10-7-15(3)13-27-17(5)24/h7,10-11,15-16,21H,8-9,12-13H2,1-6H3/b10-7-/t15-,16+,21-,23-/m1/s1. The number of hydrogen-bond donors (Lipinski definition) is 0. The quantitative estimate of drug-likeness (QED) is 0.518. The Bertz CT molecular complexity index is 738. The van der Waals surface area contributed by atoms with Gasteiger partial charge in [0.15, 0.2) is 5.78 Å². The van der Waals surface area contributed by atoms with Crippen LogP contribution in [0.5, 0.6) is 0 Å². The van der Waals surface area contributed by atoms with E-state index in [1.54, 1.807) is 12.2 Å². The molecule has 1 fully saturated rings. The summed E-state index contributed by atoms with van der Waals surface area (Å²) in [6.45, 7) is 11.7. The molecule has 0 heterocycles. The fourth-order valence-corrected chi connectivity index (χ4v) is 4.07. The van der Waals surface area contributed by atoms with Crippen LogP contribution in [-0.4, -0.2) is 30.4 Å². The van der Waals surface area contributed by atoms with Crippen LogP contribution in [-0.2, 0) is 23.9 Å². The van der Waals surface area contributed by atoms with Crippen molar-refractivity contribution in [1.82, 2.24) is 0 Å². The molecule has 5 nitrogen and oxygen atoms in total. The van der Waals surface area contributed by atoms with E-state index in [2.05, 4.69) is 13.8 Å². The number of ether oxygens (including phenoxy) is 2. The van der Waals surface area contributed by atoms with Crippen molar-refractivity contribution in [1.29, 1.82) is 0 Å². The van der Waals surface area contributed by atoms with Gasteiger partial charge in [-0.25, -0.2) is 4.79 Å². The van der Waals surface area contributed by atoms with Gasteiger partial charge in [-0.15, -0.1) is 0 Å². The highest BCUT2D eigenvalue weighted by Gasteiger charge is 2.47. The molecule has 0 aliphatic heterocycles. The molecule has 0 saturated heterocycles. The molecule has 0 bridgehead atoms. The largest absolute Gasteiger partial charge is 0.465 e. The monoisotopic (exact) mass is 388 g/mol. The molecule has 0 aromatic carbocycles. The van der Waals surface area contributed by atoms with Gasteiger partial charge >= 0.3 is 11.9 Å². The van der Waals surface area contributed by atoms with Crippen molar-refractivity contribution in [3.8, 4) is 0 Å². The summed E-state index contributed by atoms with van der Waals surface area (Å²) >= 11 is 0. The van der Waals surface area contributed by atoms with Crippen molar-refractivity contribution in [3.63, 3.8) is 0 Å². The number of carbonyl (C=O) groups is 3. The predicted octanol–water partition coefficient (Wildman–Crippen LogP) is 4.33. The third-order valence-electron chi connectivity index (χ3n) is 6.12. The SMILES string of the molecule is CC(=O)OC[C@H](C)/C=C\C(=O)O[C@@H]1CCC2=CC(=O)C(=C(C)C)C[C@]2(C)[C@H]1C. The first kappa shape index (κ1) is 22.1. The van der Waals surface area contributed by atoms with Crippen LogP contribution in [0.25, 0.3) is 0 Å². The van der Waals surface area contributed by atoms with E-state index >= 15 is 0 Å². The molecule has 5 heteroatoms. The number of ketones is 1. The molecule has 0 aromatic rings. The molecule has 1 saturated carbocycles. The van der Waals surface area contributed by atoms with E-state index in [0.717, 1.165) is 24.0 Å². The number of allylic oxidation sites excluding steroid dienone is 4. The second-order valence-electron chi connectivity index (χ2n) is 8.55. The molecule has 0 unspecified atom stereocenters. The van der Waals surface area contributed by atoms with E-state index in [9.17, 15) is 14.4 Å². The Kier molecular flexibility index (Phi) is 7.02. The summed E-state index contributed by atoms with van der Waals surface area (Å²) in [6, 6.07) is 0. The van der Waals surface area contributed by atoms with Crippen LogP contribution in [0, 0.1) is 17.3 Å². The van der Waals surface area contributed by atoms with Gasteiger partial charge < -0.3 is 9.47 Å². The Labute approximate surface area is 167 Å². The Balaban J connectivity index is 2.05. The first-order valence-electron chi connectivity index (χ1n) is 9.98. The fourth-order valence-electron chi connectivity index (χ4n) is 4.07. The van der Waals surface area contributed by atoms with E-state index in [1.165, 1.54) is 18.6 Å². The van der Waals surface area contributed by atoms with E-state index in [1.807, 2.05) is 20.8 Å². The molecule has 2 aliphatic carbocycles. The second kappa shape index (κ2) is 8.89. The van der Waals surface area contributed by atoms with Gasteiger partial charge in [-0.3, -0.25) is 9.59 Å². The molecule has 154 valence electrons. The van der Waals surface area contributed by atoms with Gasteiger partial charge in [0.25, 0.3) is 0 Å². The summed E-state index contributed by atoms with van der Waals surface area (Å²) in [6.07, 6.45) is 6.93. The topological polar surface area (TPSA) is 69.7 Å². The molecular formula is C23H32O5. The maximum absolute atomic E-state index is 12.4. The highest BCUT2D eigenvalue weighted by atomic mass is 16.5. The summed E-state index contributed by atoms with van der Waals surface area (Å²) in [5.41, 5.74) is 2.94. The Morgan fingerprint density at radius 1 is 1.32 bits per heavy atom.